The Morgan fingerprint density at radius 1 is 0.842 bits per heavy atom. The van der Waals surface area contributed by atoms with Crippen LogP contribution in [-0.2, 0) is 9.53 Å². The average Bonchev–Trinajstić information content (AvgIpc) is 3.55. The Balaban J connectivity index is 1.52. The molecule has 10 heteroatoms. The smallest absolute Gasteiger partial charge is 0.310 e. The van der Waals surface area contributed by atoms with Crippen molar-refractivity contribution in [3.05, 3.63) is 59.2 Å². The molecule has 3 aromatic rings. The minimum Gasteiger partial charge on any atom is -0.504 e. The van der Waals surface area contributed by atoms with Crippen LogP contribution in [0.1, 0.15) is 28.7 Å². The van der Waals surface area contributed by atoms with E-state index >= 15 is 0 Å². The van der Waals surface area contributed by atoms with Crippen LogP contribution in [0.4, 0.5) is 5.69 Å². The highest BCUT2D eigenvalue weighted by Gasteiger charge is 2.52. The van der Waals surface area contributed by atoms with E-state index in [1.165, 1.54) is 13.2 Å². The van der Waals surface area contributed by atoms with Gasteiger partial charge in [0, 0.05) is 23.6 Å². The van der Waals surface area contributed by atoms with Crippen molar-refractivity contribution in [1.29, 1.82) is 0 Å². The Morgan fingerprint density at radius 2 is 1.55 bits per heavy atom. The molecule has 3 aromatic carbocycles. The van der Waals surface area contributed by atoms with Crippen LogP contribution in [0, 0.1) is 11.8 Å². The van der Waals surface area contributed by atoms with Crippen molar-refractivity contribution in [3.63, 3.8) is 0 Å². The number of nitrogens with one attached hydrogen (secondary N) is 1. The van der Waals surface area contributed by atoms with Crippen LogP contribution in [-0.4, -0.2) is 50.9 Å². The summed E-state index contributed by atoms with van der Waals surface area (Å²) in [6, 6.07) is 12.1. The third-order valence-corrected chi connectivity index (χ3v) is 7.55. The fourth-order valence-corrected chi connectivity index (χ4v) is 5.80. The number of rotatable bonds is 6. The SMILES string of the molecule is COc1ccc(N[C@H]2c3cc4c(cc3[C@@H](c3cc(O)c(O)c(OC)c3)[C@H]3C(=O)OC[C@@H]32)OCO4)cc1OC. The van der Waals surface area contributed by atoms with Crippen molar-refractivity contribution >= 4 is 11.7 Å². The van der Waals surface area contributed by atoms with E-state index < -0.39 is 11.8 Å². The van der Waals surface area contributed by atoms with Gasteiger partial charge in [0.25, 0.3) is 0 Å². The summed E-state index contributed by atoms with van der Waals surface area (Å²) in [7, 11) is 4.55. The lowest BCUT2D eigenvalue weighted by Gasteiger charge is -2.40. The van der Waals surface area contributed by atoms with Gasteiger partial charge in [-0.15, -0.1) is 0 Å². The van der Waals surface area contributed by atoms with Gasteiger partial charge in [0.1, 0.15) is 0 Å². The number of carbonyl (C=O) groups excluding carboxylic acids is 1. The largest absolute Gasteiger partial charge is 0.504 e. The van der Waals surface area contributed by atoms with Gasteiger partial charge < -0.3 is 44.0 Å². The molecule has 0 saturated carbocycles. The number of hydrogen-bond donors (Lipinski definition) is 3. The number of esters is 1. The van der Waals surface area contributed by atoms with E-state index in [1.54, 1.807) is 20.3 Å². The Hall–Kier alpha value is -4.47. The second-order valence-corrected chi connectivity index (χ2v) is 9.41. The van der Waals surface area contributed by atoms with Crippen LogP contribution in [0.15, 0.2) is 42.5 Å². The molecule has 38 heavy (non-hydrogen) atoms. The van der Waals surface area contributed by atoms with Gasteiger partial charge in [-0.1, -0.05) is 0 Å². The second-order valence-electron chi connectivity index (χ2n) is 9.41. The number of hydrogen-bond acceptors (Lipinski definition) is 10. The summed E-state index contributed by atoms with van der Waals surface area (Å²) >= 11 is 0. The molecular formula is C28H27NO9. The topological polar surface area (TPSA) is 125 Å². The third-order valence-electron chi connectivity index (χ3n) is 7.55. The summed E-state index contributed by atoms with van der Waals surface area (Å²) in [4.78, 5) is 13.2. The molecule has 10 nitrogen and oxygen atoms in total. The van der Waals surface area contributed by atoms with E-state index in [0.29, 0.717) is 28.6 Å². The number of ether oxygens (including phenoxy) is 6. The lowest BCUT2D eigenvalue weighted by Crippen LogP contribution is -2.37. The molecule has 1 saturated heterocycles. The molecular weight excluding hydrogens is 494 g/mol. The van der Waals surface area contributed by atoms with Gasteiger partial charge in [-0.3, -0.25) is 4.79 Å². The first kappa shape index (κ1) is 23.9. The van der Waals surface area contributed by atoms with E-state index in [-0.39, 0.29) is 48.6 Å². The van der Waals surface area contributed by atoms with Gasteiger partial charge >= 0.3 is 5.97 Å². The van der Waals surface area contributed by atoms with Crippen molar-refractivity contribution in [3.8, 4) is 40.2 Å². The average molecular weight is 522 g/mol. The Bertz CT molecular complexity index is 1420. The van der Waals surface area contributed by atoms with Crippen LogP contribution in [0.5, 0.6) is 40.2 Å². The number of benzene rings is 3. The number of methoxy groups -OCH3 is 3. The fraction of sp³-hybridized carbons (Fsp3) is 0.321. The Labute approximate surface area is 218 Å². The van der Waals surface area contributed by atoms with E-state index in [4.69, 9.17) is 28.4 Å². The van der Waals surface area contributed by atoms with Crippen molar-refractivity contribution in [1.82, 2.24) is 0 Å². The number of aromatic hydroxyl groups is 2. The number of carbonyl (C=O) groups is 1. The van der Waals surface area contributed by atoms with Gasteiger partial charge in [-0.25, -0.2) is 0 Å². The molecule has 0 radical (unpaired) electrons. The monoisotopic (exact) mass is 521 g/mol. The molecule has 4 atom stereocenters. The van der Waals surface area contributed by atoms with E-state index in [2.05, 4.69) is 5.32 Å². The Morgan fingerprint density at radius 3 is 2.26 bits per heavy atom. The molecule has 1 aliphatic carbocycles. The van der Waals surface area contributed by atoms with E-state index in [0.717, 1.165) is 16.8 Å². The maximum Gasteiger partial charge on any atom is 0.310 e. The fourth-order valence-electron chi connectivity index (χ4n) is 5.80. The molecule has 0 unspecified atom stereocenters. The Kier molecular flexibility index (Phi) is 5.74. The molecule has 3 aliphatic rings. The highest BCUT2D eigenvalue weighted by atomic mass is 16.7. The third kappa shape index (κ3) is 3.67. The molecule has 2 heterocycles. The maximum absolute atomic E-state index is 13.2. The van der Waals surface area contributed by atoms with Crippen LogP contribution >= 0.6 is 0 Å². The zero-order chi connectivity index (χ0) is 26.6. The lowest BCUT2D eigenvalue weighted by molar-refractivity contribution is -0.141. The zero-order valence-electron chi connectivity index (χ0n) is 21.0. The normalized spacial score (nSPS) is 22.8. The number of phenolic OH excluding ortho intramolecular Hbond substituents is 2. The first-order valence-electron chi connectivity index (χ1n) is 12.1. The molecule has 0 bridgehead atoms. The molecule has 1 fully saturated rings. The minimum absolute atomic E-state index is 0.0966. The van der Waals surface area contributed by atoms with E-state index in [9.17, 15) is 15.0 Å². The van der Waals surface area contributed by atoms with Gasteiger partial charge in [0.15, 0.2) is 34.5 Å². The summed E-state index contributed by atoms with van der Waals surface area (Å²) in [6.07, 6.45) is 0. The van der Waals surface area contributed by atoms with Crippen molar-refractivity contribution in [2.45, 2.75) is 12.0 Å². The first-order valence-corrected chi connectivity index (χ1v) is 12.1. The molecule has 0 amide bonds. The molecule has 0 spiro atoms. The van der Waals surface area contributed by atoms with Gasteiger partial charge in [0.2, 0.25) is 12.5 Å². The summed E-state index contributed by atoms with van der Waals surface area (Å²) in [5.74, 6) is 0.0853. The van der Waals surface area contributed by atoms with Gasteiger partial charge in [-0.05, 0) is 53.1 Å². The number of phenols is 2. The predicted molar refractivity (Wildman–Crippen MR) is 135 cm³/mol. The van der Waals surface area contributed by atoms with Crippen molar-refractivity contribution < 1.29 is 43.4 Å². The maximum atomic E-state index is 13.2. The number of fused-ring (bicyclic) bond motifs is 3. The standard InChI is InChI=1S/C28H27NO9/c1-33-19-5-4-14(8-20(19)34-2)29-26-16-10-22-21(37-12-38-22)9-15(16)24(25-17(26)11-36-28(25)32)13-6-18(30)27(31)23(7-13)35-3/h4-10,17,24-26,29-31H,11-12H2,1-3H3/t17-,24+,25-,26-/m0/s1. The minimum atomic E-state index is -0.575. The van der Waals surface area contributed by atoms with E-state index in [1.807, 2.05) is 30.3 Å². The number of cyclic esters (lactones) is 1. The van der Waals surface area contributed by atoms with Crippen molar-refractivity contribution in [2.24, 2.45) is 11.8 Å². The van der Waals surface area contributed by atoms with Crippen LogP contribution in [0.3, 0.4) is 0 Å². The molecule has 2 aliphatic heterocycles. The second kappa shape index (κ2) is 9.13. The molecule has 0 aromatic heterocycles. The molecule has 3 N–H and O–H groups in total. The predicted octanol–water partition coefficient (Wildman–Crippen LogP) is 3.94. The molecule has 198 valence electrons. The summed E-state index contributed by atoms with van der Waals surface area (Å²) in [5, 5.41) is 24.3. The molecule has 6 rings (SSSR count). The van der Waals surface area contributed by atoms with Gasteiger partial charge in [-0.2, -0.15) is 0 Å². The van der Waals surface area contributed by atoms with Crippen LogP contribution in [0.25, 0.3) is 0 Å². The highest BCUT2D eigenvalue weighted by Crippen LogP contribution is 2.56. The highest BCUT2D eigenvalue weighted by molar-refractivity contribution is 5.79. The van der Waals surface area contributed by atoms with Gasteiger partial charge in [0.05, 0.1) is 39.9 Å². The summed E-state index contributed by atoms with van der Waals surface area (Å²) in [6.45, 7) is 0.305. The summed E-state index contributed by atoms with van der Waals surface area (Å²) < 4.78 is 33.1. The van der Waals surface area contributed by atoms with Crippen LogP contribution < -0.4 is 29.0 Å². The summed E-state index contributed by atoms with van der Waals surface area (Å²) in [5.41, 5.74) is 3.10. The first-order chi connectivity index (χ1) is 18.4. The van der Waals surface area contributed by atoms with Crippen molar-refractivity contribution in [2.75, 3.05) is 40.0 Å². The number of anilines is 1. The quantitative estimate of drug-likeness (QED) is 0.324. The lowest BCUT2D eigenvalue weighted by atomic mass is 9.65. The van der Waals surface area contributed by atoms with Crippen LogP contribution in [0.2, 0.25) is 0 Å². The zero-order valence-corrected chi connectivity index (χ0v) is 21.0.